The van der Waals surface area contributed by atoms with Crippen molar-refractivity contribution in [1.82, 2.24) is 20.1 Å². The summed E-state index contributed by atoms with van der Waals surface area (Å²) in [7, 11) is 0. The van der Waals surface area contributed by atoms with E-state index in [0.717, 1.165) is 38.9 Å². The highest BCUT2D eigenvalue weighted by Crippen LogP contribution is 2.33. The molecule has 0 saturated carbocycles. The minimum Gasteiger partial charge on any atom is -0.323 e. The number of piperidine rings is 1. The molecule has 2 aliphatic heterocycles. The highest BCUT2D eigenvalue weighted by atomic mass is 16.2. The average molecular weight is 344 g/mol. The number of nitrogens with one attached hydrogen (secondary N) is 1. The van der Waals surface area contributed by atoms with Gasteiger partial charge in [0.15, 0.2) is 0 Å². The number of imide groups is 1. The summed E-state index contributed by atoms with van der Waals surface area (Å²) in [6, 6.07) is 3.73. The second kappa shape index (κ2) is 7.12. The van der Waals surface area contributed by atoms with Crippen molar-refractivity contribution in [2.75, 3.05) is 19.6 Å². The zero-order valence-electron chi connectivity index (χ0n) is 15.4. The first-order valence-corrected chi connectivity index (χ1v) is 9.19. The molecule has 2 saturated heterocycles. The number of carbonyl (C=O) groups excluding carboxylic acids is 2. The monoisotopic (exact) mass is 344 g/mol. The van der Waals surface area contributed by atoms with Crippen LogP contribution in [0.3, 0.4) is 0 Å². The van der Waals surface area contributed by atoms with E-state index in [1.165, 1.54) is 10.5 Å². The topological polar surface area (TPSA) is 65.5 Å². The van der Waals surface area contributed by atoms with E-state index < -0.39 is 5.54 Å². The maximum absolute atomic E-state index is 12.9. The zero-order valence-corrected chi connectivity index (χ0v) is 15.4. The van der Waals surface area contributed by atoms with Crippen molar-refractivity contribution in [3.8, 4) is 0 Å². The Morgan fingerprint density at radius 3 is 2.68 bits per heavy atom. The van der Waals surface area contributed by atoms with E-state index in [1.807, 2.05) is 45.3 Å². The summed E-state index contributed by atoms with van der Waals surface area (Å²) in [6.45, 7) is 8.52. The van der Waals surface area contributed by atoms with Gasteiger partial charge in [-0.1, -0.05) is 0 Å². The standard InChI is InChI=1S/C19H28N4O2/c1-14(2)23-17(24)19(3,21-18(23)25)16-5-4-11-22(13-16)12-8-15-6-9-20-10-7-15/h6-7,9-10,14,16H,4-5,8,11-13H2,1-3H3,(H,21,25)/t16-,19+/m0/s1. The first kappa shape index (κ1) is 17.9. The van der Waals surface area contributed by atoms with E-state index >= 15 is 0 Å². The molecule has 3 rings (SSSR count). The lowest BCUT2D eigenvalue weighted by Gasteiger charge is -2.40. The van der Waals surface area contributed by atoms with Gasteiger partial charge in [-0.25, -0.2) is 4.79 Å². The Morgan fingerprint density at radius 2 is 2.04 bits per heavy atom. The number of pyridine rings is 1. The minimum absolute atomic E-state index is 0.0755. The molecule has 0 radical (unpaired) electrons. The van der Waals surface area contributed by atoms with Crippen molar-refractivity contribution in [2.24, 2.45) is 5.92 Å². The van der Waals surface area contributed by atoms with Gasteiger partial charge >= 0.3 is 6.03 Å². The summed E-state index contributed by atoms with van der Waals surface area (Å²) in [4.78, 5) is 33.0. The van der Waals surface area contributed by atoms with Gasteiger partial charge in [0.1, 0.15) is 5.54 Å². The fourth-order valence-electron chi connectivity index (χ4n) is 3.99. The van der Waals surface area contributed by atoms with Gasteiger partial charge in [0, 0.05) is 37.4 Å². The molecule has 2 aliphatic rings. The molecule has 1 aromatic heterocycles. The third-order valence-electron chi connectivity index (χ3n) is 5.55. The van der Waals surface area contributed by atoms with Crippen LogP contribution in [0.2, 0.25) is 0 Å². The van der Waals surface area contributed by atoms with Crippen molar-refractivity contribution in [1.29, 1.82) is 0 Å². The van der Waals surface area contributed by atoms with Crippen LogP contribution in [0, 0.1) is 5.92 Å². The third-order valence-corrected chi connectivity index (χ3v) is 5.55. The van der Waals surface area contributed by atoms with Gasteiger partial charge in [-0.15, -0.1) is 0 Å². The predicted octanol–water partition coefficient (Wildman–Crippen LogP) is 2.05. The Hall–Kier alpha value is -1.95. The summed E-state index contributed by atoms with van der Waals surface area (Å²) < 4.78 is 0. The molecule has 0 spiro atoms. The summed E-state index contributed by atoms with van der Waals surface area (Å²) in [6.07, 6.45) is 6.65. The molecule has 3 amide bonds. The summed E-state index contributed by atoms with van der Waals surface area (Å²) in [5.74, 6) is 0.0763. The molecule has 6 heteroatoms. The maximum atomic E-state index is 12.9. The van der Waals surface area contributed by atoms with E-state index in [2.05, 4.69) is 15.2 Å². The van der Waals surface area contributed by atoms with Crippen molar-refractivity contribution in [3.63, 3.8) is 0 Å². The number of hydrogen-bond acceptors (Lipinski definition) is 4. The van der Waals surface area contributed by atoms with Crippen LogP contribution in [0.5, 0.6) is 0 Å². The molecule has 1 aromatic rings. The van der Waals surface area contributed by atoms with Gasteiger partial charge in [-0.05, 0) is 64.3 Å². The molecule has 2 fully saturated rings. The van der Waals surface area contributed by atoms with Crippen molar-refractivity contribution < 1.29 is 9.59 Å². The van der Waals surface area contributed by atoms with Gasteiger partial charge in [-0.3, -0.25) is 14.7 Å². The molecule has 1 N–H and O–H groups in total. The van der Waals surface area contributed by atoms with Gasteiger partial charge in [0.25, 0.3) is 5.91 Å². The quantitative estimate of drug-likeness (QED) is 0.831. The molecular weight excluding hydrogens is 316 g/mol. The minimum atomic E-state index is -0.781. The molecule has 6 nitrogen and oxygen atoms in total. The number of rotatable bonds is 5. The number of carbonyl (C=O) groups is 2. The van der Waals surface area contributed by atoms with E-state index in [4.69, 9.17) is 0 Å². The van der Waals surface area contributed by atoms with E-state index in [0.29, 0.717) is 0 Å². The van der Waals surface area contributed by atoms with E-state index in [1.54, 1.807) is 0 Å². The molecule has 3 heterocycles. The number of amides is 3. The smallest absolute Gasteiger partial charge is 0.323 e. The Labute approximate surface area is 149 Å². The lowest BCUT2D eigenvalue weighted by atomic mass is 9.79. The van der Waals surface area contributed by atoms with Crippen LogP contribution in [0.25, 0.3) is 0 Å². The molecule has 136 valence electrons. The first-order chi connectivity index (χ1) is 11.9. The van der Waals surface area contributed by atoms with E-state index in [9.17, 15) is 9.59 Å². The summed E-state index contributed by atoms with van der Waals surface area (Å²) in [5.41, 5.74) is 0.496. The maximum Gasteiger partial charge on any atom is 0.325 e. The molecule has 25 heavy (non-hydrogen) atoms. The molecular formula is C19H28N4O2. The van der Waals surface area contributed by atoms with Crippen molar-refractivity contribution in [2.45, 2.75) is 51.6 Å². The molecule has 0 unspecified atom stereocenters. The number of hydrogen-bond donors (Lipinski definition) is 1. The van der Waals surface area contributed by atoms with Crippen LogP contribution in [-0.2, 0) is 11.2 Å². The van der Waals surface area contributed by atoms with Crippen molar-refractivity contribution in [3.05, 3.63) is 30.1 Å². The Morgan fingerprint density at radius 1 is 1.32 bits per heavy atom. The Balaban J connectivity index is 1.65. The van der Waals surface area contributed by atoms with Gasteiger partial charge in [0.2, 0.25) is 0 Å². The summed E-state index contributed by atoms with van der Waals surface area (Å²) in [5, 5.41) is 2.98. The molecule has 0 aromatic carbocycles. The lowest BCUT2D eigenvalue weighted by molar-refractivity contribution is -0.134. The fourth-order valence-corrected chi connectivity index (χ4v) is 3.99. The first-order valence-electron chi connectivity index (χ1n) is 9.19. The second-order valence-corrected chi connectivity index (χ2v) is 7.65. The SMILES string of the molecule is CC(C)N1C(=O)N[C@](C)([C@H]2CCCN(CCc3ccncc3)C2)C1=O. The molecule has 0 bridgehead atoms. The number of urea groups is 1. The normalized spacial score (nSPS) is 27.8. The average Bonchev–Trinajstić information content (AvgIpc) is 2.84. The second-order valence-electron chi connectivity index (χ2n) is 7.65. The number of aromatic nitrogens is 1. The van der Waals surface area contributed by atoms with Crippen LogP contribution < -0.4 is 5.32 Å². The Bertz CT molecular complexity index is 634. The lowest BCUT2D eigenvalue weighted by Crippen LogP contribution is -2.56. The summed E-state index contributed by atoms with van der Waals surface area (Å²) >= 11 is 0. The molecule has 2 atom stereocenters. The van der Waals surface area contributed by atoms with Crippen molar-refractivity contribution >= 4 is 11.9 Å². The fraction of sp³-hybridized carbons (Fsp3) is 0.632. The molecule has 0 aliphatic carbocycles. The zero-order chi connectivity index (χ0) is 18.0. The number of nitrogens with zero attached hydrogens (tertiary/aromatic N) is 3. The number of likely N-dealkylation sites (tertiary alicyclic amines) is 1. The van der Waals surface area contributed by atoms with E-state index in [-0.39, 0.29) is 23.9 Å². The van der Waals surface area contributed by atoms with Crippen LogP contribution >= 0.6 is 0 Å². The largest absolute Gasteiger partial charge is 0.325 e. The Kier molecular flexibility index (Phi) is 5.08. The predicted molar refractivity (Wildman–Crippen MR) is 96.0 cm³/mol. The van der Waals surface area contributed by atoms with Gasteiger partial charge in [-0.2, -0.15) is 0 Å². The third kappa shape index (κ3) is 3.54. The van der Waals surface area contributed by atoms with Gasteiger partial charge in [0.05, 0.1) is 0 Å². The highest BCUT2D eigenvalue weighted by molar-refractivity contribution is 6.07. The van der Waals surface area contributed by atoms with Crippen LogP contribution in [0.15, 0.2) is 24.5 Å². The van der Waals surface area contributed by atoms with Crippen LogP contribution in [0.1, 0.15) is 39.2 Å². The van der Waals surface area contributed by atoms with Gasteiger partial charge < -0.3 is 10.2 Å². The highest BCUT2D eigenvalue weighted by Gasteiger charge is 2.53. The van der Waals surface area contributed by atoms with Crippen LogP contribution in [-0.4, -0.2) is 57.9 Å². The van der Waals surface area contributed by atoms with Crippen LogP contribution in [0.4, 0.5) is 4.79 Å².